The van der Waals surface area contributed by atoms with Gasteiger partial charge in [-0.15, -0.1) is 0 Å². The maximum Gasteiger partial charge on any atom is 0.105 e. The van der Waals surface area contributed by atoms with Gasteiger partial charge in [-0.05, 0) is 95.1 Å². The topological polar surface area (TPSA) is 48.4 Å². The third kappa shape index (κ3) is 6.63. The Labute approximate surface area is 488 Å². The Hall–Kier alpha value is -11.7. The zero-order valence-corrected chi connectivity index (χ0v) is 45.9. The maximum atomic E-state index is 13.2. The molecule has 85 heavy (non-hydrogen) atoms. The van der Waals surface area contributed by atoms with Gasteiger partial charge in [-0.2, -0.15) is 5.26 Å². The summed E-state index contributed by atoms with van der Waals surface area (Å²) in [6.45, 7) is 0. The van der Waals surface area contributed by atoms with Gasteiger partial charge in [0, 0.05) is 53.9 Å². The van der Waals surface area contributed by atoms with Crippen molar-refractivity contribution < 1.29 is 0 Å². The predicted octanol–water partition coefficient (Wildman–Crippen LogP) is 20.4. The van der Waals surface area contributed by atoms with Crippen molar-refractivity contribution >= 4 is 109 Å². The molecule has 0 aliphatic rings. The van der Waals surface area contributed by atoms with Crippen molar-refractivity contribution in [3.63, 3.8) is 0 Å². The number of para-hydroxylation sites is 8. The first-order valence-corrected chi connectivity index (χ1v) is 29.0. The number of fused-ring (bicyclic) bond motifs is 15. The van der Waals surface area contributed by atoms with E-state index in [9.17, 15) is 5.26 Å². The number of aromatic nitrogens is 5. The van der Waals surface area contributed by atoms with Crippen LogP contribution in [0.5, 0.6) is 0 Å². The Balaban J connectivity index is 1.19. The minimum atomic E-state index is 0.520. The lowest BCUT2D eigenvalue weighted by Gasteiger charge is -2.30. The van der Waals surface area contributed by atoms with Crippen molar-refractivity contribution in [1.82, 2.24) is 22.8 Å². The molecule has 0 spiro atoms. The molecule has 0 amide bonds. The van der Waals surface area contributed by atoms with Crippen LogP contribution in [0.2, 0.25) is 0 Å². The number of hydrogen-bond acceptors (Lipinski definition) is 1. The molecule has 18 aromatic rings. The van der Waals surface area contributed by atoms with E-state index in [1.165, 1.54) is 0 Å². The van der Waals surface area contributed by atoms with Gasteiger partial charge in [0.05, 0.1) is 83.6 Å². The molecule has 0 saturated carbocycles. The van der Waals surface area contributed by atoms with Crippen LogP contribution in [0, 0.1) is 11.3 Å². The number of nitrogens with zero attached hydrogens (tertiary/aromatic N) is 6. The van der Waals surface area contributed by atoms with Crippen LogP contribution in [0.3, 0.4) is 0 Å². The Morgan fingerprint density at radius 3 is 0.659 bits per heavy atom. The summed E-state index contributed by atoms with van der Waals surface area (Å²) in [5, 5.41) is 24.2. The maximum absolute atomic E-state index is 13.2. The molecule has 0 fully saturated rings. The zero-order valence-electron chi connectivity index (χ0n) is 45.9. The highest BCUT2D eigenvalue weighted by molar-refractivity contribution is 6.18. The second kappa shape index (κ2) is 18.2. The molecule has 0 atom stereocenters. The number of hydrogen-bond donors (Lipinski definition) is 0. The fraction of sp³-hybridized carbons (Fsp3) is 0. The monoisotopic (exact) mass is 1080 g/mol. The van der Waals surface area contributed by atoms with Crippen LogP contribution in [0.1, 0.15) is 5.56 Å². The number of rotatable bonds is 7. The molecule has 0 radical (unpaired) electrons. The van der Waals surface area contributed by atoms with Crippen LogP contribution in [-0.2, 0) is 0 Å². The van der Waals surface area contributed by atoms with Gasteiger partial charge >= 0.3 is 0 Å². The van der Waals surface area contributed by atoms with Gasteiger partial charge in [-0.1, -0.05) is 218 Å². The fourth-order valence-corrected chi connectivity index (χ4v) is 14.4. The highest BCUT2D eigenvalue weighted by atomic mass is 15.2. The van der Waals surface area contributed by atoms with Crippen LogP contribution >= 0.6 is 0 Å². The first-order valence-electron chi connectivity index (χ1n) is 29.0. The van der Waals surface area contributed by atoms with Crippen LogP contribution in [0.15, 0.2) is 291 Å². The molecule has 18 rings (SSSR count). The lowest BCUT2D eigenvalue weighted by molar-refractivity contribution is 0.992. The number of benzene rings is 13. The van der Waals surface area contributed by atoms with E-state index in [2.05, 4.69) is 320 Å². The lowest BCUT2D eigenvalue weighted by atomic mass is 10.0. The smallest absolute Gasteiger partial charge is 0.105 e. The Morgan fingerprint density at radius 2 is 0.400 bits per heavy atom. The van der Waals surface area contributed by atoms with Crippen LogP contribution in [0.25, 0.3) is 160 Å². The molecular weight excluding hydrogens is 1030 g/mol. The van der Waals surface area contributed by atoms with Gasteiger partial charge in [-0.3, -0.25) is 0 Å². The first kappa shape index (κ1) is 47.0. The Kier molecular flexibility index (Phi) is 10.1. The summed E-state index contributed by atoms with van der Waals surface area (Å²) in [6.07, 6.45) is 0. The van der Waals surface area contributed by atoms with E-state index in [0.717, 1.165) is 160 Å². The SMILES string of the molecule is N#Cc1c(-n2c3ccccc3c3ccccc32)c(-n2c3ccccc3c3ccccc32)c(-n2c3ccccc3c3ccccc32)c(-n2c3ccc(-c4ccccc4)cc3c3cc(-c4ccccc4)ccc32)c1-n1c2ccccc2c2ccccc21. The Bertz CT molecular complexity index is 5550. The van der Waals surface area contributed by atoms with E-state index in [-0.39, 0.29) is 0 Å². The van der Waals surface area contributed by atoms with Crippen LogP contribution in [0.4, 0.5) is 0 Å². The molecule has 0 saturated heterocycles. The van der Waals surface area contributed by atoms with Crippen molar-refractivity contribution in [2.45, 2.75) is 0 Å². The van der Waals surface area contributed by atoms with E-state index < -0.39 is 0 Å². The zero-order chi connectivity index (χ0) is 55.9. The molecule has 6 heteroatoms. The van der Waals surface area contributed by atoms with Crippen molar-refractivity contribution in [3.8, 4) is 56.8 Å². The molecule has 5 aromatic heterocycles. The average molecular weight is 1080 g/mol. The molecule has 394 valence electrons. The summed E-state index contributed by atoms with van der Waals surface area (Å²) in [5.41, 5.74) is 19.3. The summed E-state index contributed by atoms with van der Waals surface area (Å²) in [4.78, 5) is 0. The summed E-state index contributed by atoms with van der Waals surface area (Å²) in [6, 6.07) is 109. The van der Waals surface area contributed by atoms with Crippen molar-refractivity contribution in [2.24, 2.45) is 0 Å². The molecule has 6 nitrogen and oxygen atoms in total. The average Bonchev–Trinajstić information content (AvgIpc) is 1.74. The van der Waals surface area contributed by atoms with Crippen molar-refractivity contribution in [2.75, 3.05) is 0 Å². The van der Waals surface area contributed by atoms with E-state index in [0.29, 0.717) is 5.56 Å². The van der Waals surface area contributed by atoms with Crippen molar-refractivity contribution in [3.05, 3.63) is 297 Å². The van der Waals surface area contributed by atoms with E-state index in [4.69, 9.17) is 0 Å². The fourth-order valence-electron chi connectivity index (χ4n) is 14.4. The summed E-state index contributed by atoms with van der Waals surface area (Å²) >= 11 is 0. The summed E-state index contributed by atoms with van der Waals surface area (Å²) in [5.74, 6) is 0. The van der Waals surface area contributed by atoms with Gasteiger partial charge in [0.2, 0.25) is 0 Å². The minimum Gasteiger partial charge on any atom is -0.306 e. The highest BCUT2D eigenvalue weighted by Gasteiger charge is 2.36. The van der Waals surface area contributed by atoms with Gasteiger partial charge in [-0.25, -0.2) is 0 Å². The van der Waals surface area contributed by atoms with E-state index in [1.807, 2.05) is 0 Å². The second-order valence-electron chi connectivity index (χ2n) is 22.2. The van der Waals surface area contributed by atoms with Crippen molar-refractivity contribution in [1.29, 1.82) is 5.26 Å². The van der Waals surface area contributed by atoms with Gasteiger partial charge in [0.25, 0.3) is 0 Å². The van der Waals surface area contributed by atoms with Gasteiger partial charge in [0.1, 0.15) is 11.6 Å². The highest BCUT2D eigenvalue weighted by Crippen LogP contribution is 2.52. The third-order valence-corrected chi connectivity index (χ3v) is 17.9. The second-order valence-corrected chi connectivity index (χ2v) is 22.2. The molecule has 0 aliphatic carbocycles. The minimum absolute atomic E-state index is 0.520. The first-order chi connectivity index (χ1) is 42.2. The molecule has 5 heterocycles. The largest absolute Gasteiger partial charge is 0.306 e. The normalized spacial score (nSPS) is 12.0. The quantitative estimate of drug-likeness (QED) is 0.157. The van der Waals surface area contributed by atoms with Gasteiger partial charge < -0.3 is 22.8 Å². The van der Waals surface area contributed by atoms with E-state index >= 15 is 0 Å². The lowest BCUT2D eigenvalue weighted by Crippen LogP contribution is -2.18. The molecule has 0 unspecified atom stereocenters. The standard InChI is InChI=1S/C79H48N6/c80-49-64-75(81-65-35-15-7-27-54(65)55-28-8-16-36-66(55)81)77(83-69-39-19-11-31-58(69)59-32-12-20-40-70(59)83)79(84-71-41-21-13-33-60(71)61-34-14-22-42-72(61)84)78(76(64)82-67-37-17-9-29-56(67)57-30-10-18-38-68(57)82)85-73-45-43-52(50-23-3-1-4-24-50)47-62(73)63-48-53(44-46-74(63)85)51-25-5-2-6-26-51/h1-48H. The van der Waals surface area contributed by atoms with E-state index in [1.54, 1.807) is 0 Å². The van der Waals surface area contributed by atoms with Gasteiger partial charge in [0.15, 0.2) is 0 Å². The summed E-state index contributed by atoms with van der Waals surface area (Å²) < 4.78 is 12.3. The number of nitriles is 1. The third-order valence-electron chi connectivity index (χ3n) is 17.9. The Morgan fingerprint density at radius 1 is 0.188 bits per heavy atom. The molecule has 0 bridgehead atoms. The van der Waals surface area contributed by atoms with Crippen LogP contribution in [-0.4, -0.2) is 22.8 Å². The predicted molar refractivity (Wildman–Crippen MR) is 354 cm³/mol. The molecular formula is C79H48N6. The summed E-state index contributed by atoms with van der Waals surface area (Å²) in [7, 11) is 0. The van der Waals surface area contributed by atoms with Crippen LogP contribution < -0.4 is 0 Å². The molecule has 0 aliphatic heterocycles. The molecule has 0 N–H and O–H groups in total. The molecule has 13 aromatic carbocycles.